The number of methoxy groups -OCH3 is 1. The highest BCUT2D eigenvalue weighted by Gasteiger charge is 2.26. The van der Waals surface area contributed by atoms with Gasteiger partial charge in [0.25, 0.3) is 5.91 Å². The summed E-state index contributed by atoms with van der Waals surface area (Å²) in [6, 6.07) is 11.1. The van der Waals surface area contributed by atoms with Crippen LogP contribution >= 0.6 is 0 Å². The van der Waals surface area contributed by atoms with Crippen LogP contribution in [-0.4, -0.2) is 89.0 Å². The van der Waals surface area contributed by atoms with Crippen molar-refractivity contribution in [2.45, 2.75) is 27.3 Å². The van der Waals surface area contributed by atoms with E-state index in [-0.39, 0.29) is 5.91 Å². The van der Waals surface area contributed by atoms with Gasteiger partial charge < -0.3 is 23.8 Å². The van der Waals surface area contributed by atoms with Crippen LogP contribution in [0.1, 0.15) is 37.0 Å². The first-order valence-corrected chi connectivity index (χ1v) is 12.6. The smallest absolute Gasteiger partial charge is 0.254 e. The fourth-order valence-corrected chi connectivity index (χ4v) is 4.23. The zero-order valence-corrected chi connectivity index (χ0v) is 21.8. The summed E-state index contributed by atoms with van der Waals surface area (Å²) in [5.41, 5.74) is 1.38. The van der Waals surface area contributed by atoms with Gasteiger partial charge in [-0.1, -0.05) is 0 Å². The van der Waals surface area contributed by atoms with Crippen molar-refractivity contribution in [3.8, 4) is 28.7 Å². The monoisotopic (exact) mass is 510 g/mol. The second-order valence-corrected chi connectivity index (χ2v) is 8.37. The number of benzene rings is 2. The molecule has 0 saturated carbocycles. The molecule has 0 atom stereocenters. The summed E-state index contributed by atoms with van der Waals surface area (Å²) in [5, 5.41) is 12.2. The first kappa shape index (κ1) is 26.2. The van der Waals surface area contributed by atoms with Gasteiger partial charge in [-0.2, -0.15) is 4.68 Å². The predicted octanol–water partition coefficient (Wildman–Crippen LogP) is 2.83. The normalized spacial score (nSPS) is 13.9. The van der Waals surface area contributed by atoms with Gasteiger partial charge in [0.15, 0.2) is 17.3 Å². The van der Waals surface area contributed by atoms with E-state index in [0.29, 0.717) is 75.4 Å². The Kier molecular flexibility index (Phi) is 8.78. The van der Waals surface area contributed by atoms with Crippen molar-refractivity contribution < 1.29 is 23.7 Å². The number of carbonyl (C=O) groups is 1. The lowest BCUT2D eigenvalue weighted by Gasteiger charge is -2.34. The Morgan fingerprint density at radius 2 is 1.51 bits per heavy atom. The largest absolute Gasteiger partial charge is 0.497 e. The molecule has 1 amide bonds. The first-order chi connectivity index (χ1) is 18.1. The summed E-state index contributed by atoms with van der Waals surface area (Å²) < 4.78 is 24.3. The Morgan fingerprint density at radius 3 is 2.08 bits per heavy atom. The fraction of sp³-hybridized carbons (Fsp3) is 0.462. The van der Waals surface area contributed by atoms with Crippen LogP contribution in [-0.2, 0) is 6.54 Å². The Balaban J connectivity index is 1.42. The highest BCUT2D eigenvalue weighted by atomic mass is 16.5. The zero-order valence-electron chi connectivity index (χ0n) is 21.8. The van der Waals surface area contributed by atoms with Crippen molar-refractivity contribution in [2.24, 2.45) is 0 Å². The molecule has 0 N–H and O–H groups in total. The molecular formula is C26H34N6O5. The summed E-state index contributed by atoms with van der Waals surface area (Å²) in [5.74, 6) is 3.01. The topological polar surface area (TPSA) is 104 Å². The molecular weight excluding hydrogens is 476 g/mol. The van der Waals surface area contributed by atoms with Gasteiger partial charge in [0.2, 0.25) is 5.75 Å². The van der Waals surface area contributed by atoms with E-state index >= 15 is 0 Å². The molecule has 11 nitrogen and oxygen atoms in total. The molecule has 0 spiro atoms. The lowest BCUT2D eigenvalue weighted by molar-refractivity contribution is 0.0623. The second kappa shape index (κ2) is 12.4. The van der Waals surface area contributed by atoms with E-state index in [4.69, 9.17) is 18.9 Å². The lowest BCUT2D eigenvalue weighted by atomic mass is 10.1. The number of rotatable bonds is 11. The molecule has 1 fully saturated rings. The van der Waals surface area contributed by atoms with Gasteiger partial charge in [-0.05, 0) is 67.6 Å². The summed E-state index contributed by atoms with van der Waals surface area (Å²) >= 11 is 0. The van der Waals surface area contributed by atoms with Crippen molar-refractivity contribution in [3.05, 3.63) is 47.8 Å². The molecule has 198 valence electrons. The van der Waals surface area contributed by atoms with E-state index in [2.05, 4.69) is 20.4 Å². The van der Waals surface area contributed by atoms with Gasteiger partial charge >= 0.3 is 0 Å². The molecule has 2 heterocycles. The third-order valence-electron chi connectivity index (χ3n) is 6.03. The Labute approximate surface area is 216 Å². The van der Waals surface area contributed by atoms with Crippen molar-refractivity contribution in [1.82, 2.24) is 30.0 Å². The third kappa shape index (κ3) is 6.11. The minimum Gasteiger partial charge on any atom is -0.497 e. The Hall–Kier alpha value is -3.86. The molecule has 0 unspecified atom stereocenters. The lowest BCUT2D eigenvalue weighted by Crippen LogP contribution is -2.48. The van der Waals surface area contributed by atoms with Crippen molar-refractivity contribution in [3.63, 3.8) is 0 Å². The summed E-state index contributed by atoms with van der Waals surface area (Å²) in [7, 11) is 1.63. The maximum absolute atomic E-state index is 13.4. The van der Waals surface area contributed by atoms with Crippen LogP contribution in [0.3, 0.4) is 0 Å². The second-order valence-electron chi connectivity index (χ2n) is 8.37. The summed E-state index contributed by atoms with van der Waals surface area (Å²) in [6.45, 7) is 10.2. The number of tetrazole rings is 1. The maximum Gasteiger partial charge on any atom is 0.254 e. The standard InChI is InChI=1S/C26H34N6O5/c1-5-35-22-16-19(17-23(36-6-2)25(22)37-7-3)26(33)31-14-12-30(13-15-31)18-24-27-28-29-32(24)20-8-10-21(34-4)11-9-20/h8-11,16-17H,5-7,12-15,18H2,1-4H3. The number of nitrogens with zero attached hydrogens (tertiary/aromatic N) is 6. The SMILES string of the molecule is CCOc1cc(C(=O)N2CCN(Cc3nnnn3-c3ccc(OC)cc3)CC2)cc(OCC)c1OCC. The van der Waals surface area contributed by atoms with Crippen LogP contribution in [0.5, 0.6) is 23.0 Å². The molecule has 1 aliphatic heterocycles. The molecule has 0 aliphatic carbocycles. The molecule has 3 aromatic rings. The van der Waals surface area contributed by atoms with Crippen LogP contribution < -0.4 is 18.9 Å². The number of amides is 1. The molecule has 37 heavy (non-hydrogen) atoms. The van der Waals surface area contributed by atoms with Crippen molar-refractivity contribution in [1.29, 1.82) is 0 Å². The van der Waals surface area contributed by atoms with Gasteiger partial charge in [-0.15, -0.1) is 5.10 Å². The minimum absolute atomic E-state index is 0.0623. The maximum atomic E-state index is 13.4. The van der Waals surface area contributed by atoms with E-state index in [1.165, 1.54) is 0 Å². The van der Waals surface area contributed by atoms with Crippen LogP contribution in [0.25, 0.3) is 5.69 Å². The molecule has 1 aliphatic rings. The Morgan fingerprint density at radius 1 is 0.892 bits per heavy atom. The van der Waals surface area contributed by atoms with Crippen LogP contribution in [0.2, 0.25) is 0 Å². The summed E-state index contributed by atoms with van der Waals surface area (Å²) in [6.07, 6.45) is 0. The molecule has 1 aromatic heterocycles. The van der Waals surface area contributed by atoms with Crippen LogP contribution in [0, 0.1) is 0 Å². The minimum atomic E-state index is -0.0623. The zero-order chi connectivity index (χ0) is 26.2. The average Bonchev–Trinajstić information content (AvgIpc) is 3.38. The van der Waals surface area contributed by atoms with E-state index < -0.39 is 0 Å². The van der Waals surface area contributed by atoms with E-state index in [1.807, 2.05) is 49.9 Å². The van der Waals surface area contributed by atoms with Gasteiger partial charge in [0.05, 0.1) is 39.2 Å². The van der Waals surface area contributed by atoms with Gasteiger partial charge in [0, 0.05) is 31.7 Å². The molecule has 11 heteroatoms. The number of ether oxygens (including phenoxy) is 4. The van der Waals surface area contributed by atoms with Gasteiger partial charge in [-0.3, -0.25) is 9.69 Å². The quantitative estimate of drug-likeness (QED) is 0.385. The van der Waals surface area contributed by atoms with Crippen molar-refractivity contribution in [2.75, 3.05) is 53.1 Å². The van der Waals surface area contributed by atoms with Crippen LogP contribution in [0.15, 0.2) is 36.4 Å². The van der Waals surface area contributed by atoms with Crippen molar-refractivity contribution >= 4 is 5.91 Å². The number of hydrogen-bond donors (Lipinski definition) is 0. The number of carbonyl (C=O) groups excluding carboxylic acids is 1. The molecule has 0 radical (unpaired) electrons. The number of aromatic nitrogens is 4. The molecule has 4 rings (SSSR count). The summed E-state index contributed by atoms with van der Waals surface area (Å²) in [4.78, 5) is 17.5. The highest BCUT2D eigenvalue weighted by molar-refractivity contribution is 5.95. The van der Waals surface area contributed by atoms with Crippen LogP contribution in [0.4, 0.5) is 0 Å². The Bertz CT molecular complexity index is 1150. The van der Waals surface area contributed by atoms with Gasteiger partial charge in [-0.25, -0.2) is 0 Å². The number of hydrogen-bond acceptors (Lipinski definition) is 9. The number of piperazine rings is 1. The van der Waals surface area contributed by atoms with E-state index in [1.54, 1.807) is 23.9 Å². The average molecular weight is 511 g/mol. The highest BCUT2D eigenvalue weighted by Crippen LogP contribution is 2.39. The molecule has 0 bridgehead atoms. The predicted molar refractivity (Wildman–Crippen MR) is 137 cm³/mol. The third-order valence-corrected chi connectivity index (χ3v) is 6.03. The van der Waals surface area contributed by atoms with E-state index in [0.717, 1.165) is 17.3 Å². The van der Waals surface area contributed by atoms with Gasteiger partial charge in [0.1, 0.15) is 5.75 Å². The first-order valence-electron chi connectivity index (χ1n) is 12.6. The fourth-order valence-electron chi connectivity index (χ4n) is 4.23. The molecule has 1 saturated heterocycles. The van der Waals surface area contributed by atoms with E-state index in [9.17, 15) is 4.79 Å². The molecule has 2 aromatic carbocycles.